The van der Waals surface area contributed by atoms with Crippen LogP contribution in [0.25, 0.3) is 11.1 Å². The molecule has 2 aromatic rings. The molecule has 100 valence electrons. The molecule has 0 heterocycles. The third kappa shape index (κ3) is 2.90. The van der Waals surface area contributed by atoms with E-state index in [1.54, 1.807) is 0 Å². The van der Waals surface area contributed by atoms with E-state index in [0.29, 0.717) is 11.8 Å². The van der Waals surface area contributed by atoms with Crippen molar-refractivity contribution in [2.75, 3.05) is 0 Å². The molecular weight excluding hydrogens is 247 g/mol. The number of rotatable bonds is 3. The van der Waals surface area contributed by atoms with Gasteiger partial charge in [-0.3, -0.25) is 0 Å². The molecule has 0 nitrogen and oxygen atoms in total. The van der Waals surface area contributed by atoms with Crippen LogP contribution in [-0.4, -0.2) is 0 Å². The largest absolute Gasteiger partial charge is 0.105 e. The molecule has 0 aliphatic rings. The Hall–Kier alpha value is -1.13. The van der Waals surface area contributed by atoms with E-state index in [-0.39, 0.29) is 0 Å². The highest BCUT2D eigenvalue weighted by Crippen LogP contribution is 2.35. The van der Waals surface area contributed by atoms with Gasteiger partial charge in [0.25, 0.3) is 0 Å². The Labute approximate surface area is 119 Å². The van der Waals surface area contributed by atoms with Crippen LogP contribution >= 0.6 is 9.24 Å². The maximum Gasteiger partial charge on any atom is -0.0107 e. The highest BCUT2D eigenvalue weighted by Gasteiger charge is 2.16. The smallest absolute Gasteiger partial charge is 0.0107 e. The van der Waals surface area contributed by atoms with Gasteiger partial charge in [-0.05, 0) is 39.4 Å². The van der Waals surface area contributed by atoms with Crippen LogP contribution in [0, 0.1) is 0 Å². The zero-order chi connectivity index (χ0) is 14.0. The average molecular weight is 270 g/mol. The fourth-order valence-electron chi connectivity index (χ4n) is 2.59. The van der Waals surface area contributed by atoms with Gasteiger partial charge in [-0.2, -0.15) is 0 Å². The molecule has 0 fully saturated rings. The van der Waals surface area contributed by atoms with Crippen molar-refractivity contribution in [3.05, 3.63) is 53.6 Å². The first-order valence-electron chi connectivity index (χ1n) is 7.00. The maximum atomic E-state index is 2.87. The van der Waals surface area contributed by atoms with E-state index < -0.39 is 0 Å². The summed E-state index contributed by atoms with van der Waals surface area (Å²) in [4.78, 5) is 0. The number of benzene rings is 2. The average Bonchev–Trinajstić information content (AvgIpc) is 2.38. The third-order valence-corrected chi connectivity index (χ3v) is 4.11. The summed E-state index contributed by atoms with van der Waals surface area (Å²) in [7, 11) is 2.87. The Morgan fingerprint density at radius 3 is 1.74 bits per heavy atom. The van der Waals surface area contributed by atoms with Crippen LogP contribution < -0.4 is 5.30 Å². The minimum absolute atomic E-state index is 0.540. The van der Waals surface area contributed by atoms with Gasteiger partial charge in [0.15, 0.2) is 0 Å². The molecule has 0 saturated carbocycles. The van der Waals surface area contributed by atoms with Crippen LogP contribution in [-0.2, 0) is 0 Å². The lowest BCUT2D eigenvalue weighted by atomic mass is 9.85. The molecule has 0 aliphatic carbocycles. The number of hydrogen-bond donors (Lipinski definition) is 0. The topological polar surface area (TPSA) is 0 Å². The summed E-state index contributed by atoms with van der Waals surface area (Å²) in [5.41, 5.74) is 5.67. The van der Waals surface area contributed by atoms with E-state index in [1.807, 2.05) is 0 Å². The molecule has 0 bridgehead atoms. The summed E-state index contributed by atoms with van der Waals surface area (Å²) in [6, 6.07) is 15.4. The zero-order valence-corrected chi connectivity index (χ0v) is 13.4. The van der Waals surface area contributed by atoms with Gasteiger partial charge in [0.05, 0.1) is 0 Å². The van der Waals surface area contributed by atoms with Crippen molar-refractivity contribution < 1.29 is 0 Å². The molecular formula is C18H23P. The highest BCUT2D eigenvalue weighted by molar-refractivity contribution is 7.28. The summed E-state index contributed by atoms with van der Waals surface area (Å²) in [5, 5.41) is 1.28. The monoisotopic (exact) mass is 270 g/mol. The van der Waals surface area contributed by atoms with Crippen LogP contribution in [0.1, 0.15) is 50.7 Å². The van der Waals surface area contributed by atoms with Crippen LogP contribution in [0.15, 0.2) is 42.5 Å². The molecule has 0 radical (unpaired) electrons. The van der Waals surface area contributed by atoms with Crippen molar-refractivity contribution in [3.8, 4) is 11.1 Å². The van der Waals surface area contributed by atoms with Crippen molar-refractivity contribution >= 4 is 14.5 Å². The second-order valence-corrected chi connectivity index (χ2v) is 6.33. The van der Waals surface area contributed by atoms with Crippen molar-refractivity contribution in [2.45, 2.75) is 39.5 Å². The molecule has 1 atom stereocenters. The molecule has 2 aromatic carbocycles. The first-order chi connectivity index (χ1) is 9.02. The Balaban J connectivity index is 2.76. The van der Waals surface area contributed by atoms with Crippen LogP contribution in [0.5, 0.6) is 0 Å². The minimum atomic E-state index is 0.540. The summed E-state index contributed by atoms with van der Waals surface area (Å²) >= 11 is 0. The van der Waals surface area contributed by atoms with E-state index in [2.05, 4.69) is 79.4 Å². The quantitative estimate of drug-likeness (QED) is 0.681. The van der Waals surface area contributed by atoms with Gasteiger partial charge in [0.1, 0.15) is 0 Å². The lowest BCUT2D eigenvalue weighted by Gasteiger charge is -2.21. The Bertz CT molecular complexity index is 541. The van der Waals surface area contributed by atoms with Crippen molar-refractivity contribution in [3.63, 3.8) is 0 Å². The van der Waals surface area contributed by atoms with Gasteiger partial charge in [-0.1, -0.05) is 70.2 Å². The minimum Gasteiger partial charge on any atom is -0.105 e. The SMILES string of the molecule is CC(C)c1cccc(C(C)C)c1-c1ccccc1P. The van der Waals surface area contributed by atoms with Gasteiger partial charge in [-0.25, -0.2) is 0 Å². The molecule has 0 aliphatic heterocycles. The van der Waals surface area contributed by atoms with E-state index >= 15 is 0 Å². The predicted molar refractivity (Wildman–Crippen MR) is 89.4 cm³/mol. The summed E-state index contributed by atoms with van der Waals surface area (Å²) < 4.78 is 0. The lowest BCUT2D eigenvalue weighted by Crippen LogP contribution is -2.04. The molecule has 0 aromatic heterocycles. The number of hydrogen-bond acceptors (Lipinski definition) is 0. The maximum absolute atomic E-state index is 2.87. The van der Waals surface area contributed by atoms with Crippen molar-refractivity contribution in [1.29, 1.82) is 0 Å². The Morgan fingerprint density at radius 1 is 0.737 bits per heavy atom. The molecule has 1 heteroatoms. The normalized spacial score (nSPS) is 11.3. The van der Waals surface area contributed by atoms with Crippen LogP contribution in [0.3, 0.4) is 0 Å². The second kappa shape index (κ2) is 5.88. The molecule has 0 amide bonds. The second-order valence-electron chi connectivity index (χ2n) is 5.71. The Kier molecular flexibility index (Phi) is 4.42. The van der Waals surface area contributed by atoms with Gasteiger partial charge in [-0.15, -0.1) is 9.24 Å². The molecule has 0 N–H and O–H groups in total. The van der Waals surface area contributed by atoms with Gasteiger partial charge < -0.3 is 0 Å². The summed E-state index contributed by atoms with van der Waals surface area (Å²) in [6.45, 7) is 9.09. The Morgan fingerprint density at radius 2 is 1.26 bits per heavy atom. The van der Waals surface area contributed by atoms with Crippen LogP contribution in [0.2, 0.25) is 0 Å². The highest BCUT2D eigenvalue weighted by atomic mass is 31.0. The molecule has 1 unspecified atom stereocenters. The molecule has 0 spiro atoms. The molecule has 19 heavy (non-hydrogen) atoms. The van der Waals surface area contributed by atoms with Gasteiger partial charge in [0.2, 0.25) is 0 Å². The predicted octanol–water partition coefficient (Wildman–Crippen LogP) is 5.10. The van der Waals surface area contributed by atoms with Gasteiger partial charge in [0, 0.05) is 0 Å². The molecule has 0 saturated heterocycles. The van der Waals surface area contributed by atoms with Crippen molar-refractivity contribution in [2.24, 2.45) is 0 Å². The van der Waals surface area contributed by atoms with Crippen molar-refractivity contribution in [1.82, 2.24) is 0 Å². The van der Waals surface area contributed by atoms with E-state index in [1.165, 1.54) is 27.6 Å². The lowest BCUT2D eigenvalue weighted by molar-refractivity contribution is 0.838. The zero-order valence-electron chi connectivity index (χ0n) is 12.3. The van der Waals surface area contributed by atoms with Gasteiger partial charge >= 0.3 is 0 Å². The first-order valence-corrected chi connectivity index (χ1v) is 7.57. The van der Waals surface area contributed by atoms with E-state index in [9.17, 15) is 0 Å². The fraction of sp³-hybridized carbons (Fsp3) is 0.333. The third-order valence-electron chi connectivity index (χ3n) is 3.60. The van der Waals surface area contributed by atoms with Crippen LogP contribution in [0.4, 0.5) is 0 Å². The summed E-state index contributed by atoms with van der Waals surface area (Å²) in [5.74, 6) is 1.08. The molecule has 2 rings (SSSR count). The fourth-order valence-corrected chi connectivity index (χ4v) is 2.94. The first kappa shape index (κ1) is 14.3. The van der Waals surface area contributed by atoms with E-state index in [0.717, 1.165) is 0 Å². The standard InChI is InChI=1S/C18H23P/c1-12(2)14-9-7-10-15(13(3)4)18(14)16-8-5-6-11-17(16)19/h5-13H,19H2,1-4H3. The van der Waals surface area contributed by atoms with E-state index in [4.69, 9.17) is 0 Å². The summed E-state index contributed by atoms with van der Waals surface area (Å²) in [6.07, 6.45) is 0.